The van der Waals surface area contributed by atoms with Crippen LogP contribution in [0.4, 0.5) is 0 Å². The van der Waals surface area contributed by atoms with E-state index in [-0.39, 0.29) is 24.0 Å². The Balaban J connectivity index is 0.00000312. The van der Waals surface area contributed by atoms with Gasteiger partial charge >= 0.3 is 0 Å². The maximum atomic E-state index is 5.86. The van der Waals surface area contributed by atoms with Gasteiger partial charge in [-0.2, -0.15) is 5.10 Å². The highest BCUT2D eigenvalue weighted by atomic mass is 127. The van der Waals surface area contributed by atoms with Crippen LogP contribution in [0, 0.1) is 6.92 Å². The highest BCUT2D eigenvalue weighted by Crippen LogP contribution is 2.20. The molecule has 7 heteroatoms. The Hall–Kier alpha value is -1.77. The minimum atomic E-state index is 0. The Morgan fingerprint density at radius 1 is 1.24 bits per heavy atom. The molecule has 0 amide bonds. The van der Waals surface area contributed by atoms with Gasteiger partial charge in [0.05, 0.1) is 18.8 Å². The number of hydrogen-bond donors (Lipinski definition) is 2. The molecule has 25 heavy (non-hydrogen) atoms. The number of guanidine groups is 1. The maximum Gasteiger partial charge on any atom is 0.191 e. The molecule has 0 atom stereocenters. The first-order valence-corrected chi connectivity index (χ1v) is 8.27. The number of nitrogens with zero attached hydrogens (tertiary/aromatic N) is 3. The van der Waals surface area contributed by atoms with Gasteiger partial charge in [0.2, 0.25) is 0 Å². The van der Waals surface area contributed by atoms with Crippen molar-refractivity contribution in [1.82, 2.24) is 20.4 Å². The molecule has 0 unspecified atom stereocenters. The molecule has 0 spiro atoms. The fourth-order valence-electron chi connectivity index (χ4n) is 2.30. The molecule has 0 bridgehead atoms. The number of aryl methyl sites for hydroxylation is 2. The molecule has 2 aromatic rings. The number of aliphatic imine (C=N–C) groups is 1. The van der Waals surface area contributed by atoms with Crippen molar-refractivity contribution >= 4 is 29.9 Å². The van der Waals surface area contributed by atoms with E-state index in [1.165, 1.54) is 5.56 Å². The Morgan fingerprint density at radius 2 is 2.00 bits per heavy atom. The molecule has 0 aliphatic carbocycles. The van der Waals surface area contributed by atoms with E-state index in [1.54, 1.807) is 13.2 Å². The lowest BCUT2D eigenvalue weighted by atomic mass is 10.1. The van der Waals surface area contributed by atoms with Crippen molar-refractivity contribution in [2.45, 2.75) is 33.4 Å². The highest BCUT2D eigenvalue weighted by molar-refractivity contribution is 14.0. The smallest absolute Gasteiger partial charge is 0.191 e. The minimum Gasteiger partial charge on any atom is -0.493 e. The lowest BCUT2D eigenvalue weighted by molar-refractivity contribution is 0.313. The second-order valence-corrected chi connectivity index (χ2v) is 5.69. The summed E-state index contributed by atoms with van der Waals surface area (Å²) in [5.41, 5.74) is 3.42. The molecule has 0 aliphatic heterocycles. The average molecular weight is 457 g/mol. The normalized spacial score (nSPS) is 11.0. The summed E-state index contributed by atoms with van der Waals surface area (Å²) in [7, 11) is 3.69. The molecule has 1 heterocycles. The van der Waals surface area contributed by atoms with Crippen molar-refractivity contribution in [2.75, 3.05) is 13.7 Å². The van der Waals surface area contributed by atoms with Crippen LogP contribution >= 0.6 is 24.0 Å². The molecule has 2 rings (SSSR count). The number of halogens is 1. The molecule has 6 nitrogen and oxygen atoms in total. The zero-order valence-corrected chi connectivity index (χ0v) is 17.7. The van der Waals surface area contributed by atoms with Crippen LogP contribution in [0.2, 0.25) is 0 Å². The molecular weight excluding hydrogens is 429 g/mol. The van der Waals surface area contributed by atoms with Crippen molar-refractivity contribution in [2.24, 2.45) is 12.0 Å². The third-order valence-corrected chi connectivity index (χ3v) is 3.71. The molecule has 1 aromatic carbocycles. The molecule has 0 saturated heterocycles. The highest BCUT2D eigenvalue weighted by Gasteiger charge is 2.06. The van der Waals surface area contributed by atoms with Crippen molar-refractivity contribution in [3.63, 3.8) is 0 Å². The molecule has 0 radical (unpaired) electrons. The predicted octanol–water partition coefficient (Wildman–Crippen LogP) is 3.00. The van der Waals surface area contributed by atoms with Crippen molar-refractivity contribution < 1.29 is 4.74 Å². The fourth-order valence-corrected chi connectivity index (χ4v) is 2.30. The number of benzene rings is 1. The van der Waals surface area contributed by atoms with Gasteiger partial charge in [0.15, 0.2) is 5.96 Å². The van der Waals surface area contributed by atoms with Gasteiger partial charge in [-0.15, -0.1) is 24.0 Å². The zero-order valence-electron chi connectivity index (χ0n) is 15.4. The van der Waals surface area contributed by atoms with Gasteiger partial charge in [-0.3, -0.25) is 9.67 Å². The molecule has 2 N–H and O–H groups in total. The van der Waals surface area contributed by atoms with E-state index >= 15 is 0 Å². The average Bonchev–Trinajstić information content (AvgIpc) is 2.99. The van der Waals surface area contributed by atoms with Crippen LogP contribution in [-0.4, -0.2) is 29.4 Å². The van der Waals surface area contributed by atoms with Crippen molar-refractivity contribution in [1.29, 1.82) is 0 Å². The zero-order chi connectivity index (χ0) is 17.4. The molecular formula is C18H28IN5O. The van der Waals surface area contributed by atoms with E-state index in [9.17, 15) is 0 Å². The Kier molecular flexibility index (Phi) is 9.33. The minimum absolute atomic E-state index is 0. The summed E-state index contributed by atoms with van der Waals surface area (Å²) in [6, 6.07) is 8.26. The van der Waals surface area contributed by atoms with Crippen LogP contribution in [0.3, 0.4) is 0 Å². The van der Waals surface area contributed by atoms with Gasteiger partial charge < -0.3 is 15.4 Å². The number of nitrogens with one attached hydrogen (secondary N) is 2. The van der Waals surface area contributed by atoms with Gasteiger partial charge in [0.25, 0.3) is 0 Å². The Morgan fingerprint density at radius 3 is 2.64 bits per heavy atom. The molecule has 1 aromatic heterocycles. The van der Waals surface area contributed by atoms with Gasteiger partial charge in [-0.25, -0.2) is 0 Å². The van der Waals surface area contributed by atoms with Crippen LogP contribution < -0.4 is 15.4 Å². The SMILES string of the molecule is CCCOc1cc(C)ccc1CNC(=NC)NCc1ccnn1C.I. The number of rotatable bonds is 7. The van der Waals surface area contributed by atoms with Crippen LogP contribution in [0.1, 0.15) is 30.2 Å². The topological polar surface area (TPSA) is 63.5 Å². The van der Waals surface area contributed by atoms with E-state index in [0.717, 1.165) is 36.0 Å². The van der Waals surface area contributed by atoms with E-state index < -0.39 is 0 Å². The van der Waals surface area contributed by atoms with Crippen molar-refractivity contribution in [3.8, 4) is 5.75 Å². The third-order valence-electron chi connectivity index (χ3n) is 3.71. The van der Waals surface area contributed by atoms with Crippen molar-refractivity contribution in [3.05, 3.63) is 47.3 Å². The summed E-state index contributed by atoms with van der Waals surface area (Å²) < 4.78 is 7.70. The van der Waals surface area contributed by atoms with E-state index in [2.05, 4.69) is 52.8 Å². The summed E-state index contributed by atoms with van der Waals surface area (Å²) in [4.78, 5) is 4.27. The van der Waals surface area contributed by atoms with Gasteiger partial charge in [-0.05, 0) is 31.0 Å². The lowest BCUT2D eigenvalue weighted by Crippen LogP contribution is -2.36. The maximum absolute atomic E-state index is 5.86. The van der Waals surface area contributed by atoms with Crippen LogP contribution in [-0.2, 0) is 20.1 Å². The first kappa shape index (κ1) is 21.3. The first-order valence-electron chi connectivity index (χ1n) is 8.27. The predicted molar refractivity (Wildman–Crippen MR) is 113 cm³/mol. The fraction of sp³-hybridized carbons (Fsp3) is 0.444. The van der Waals surface area contributed by atoms with E-state index in [0.29, 0.717) is 13.1 Å². The quantitative estimate of drug-likeness (QED) is 0.381. The van der Waals surface area contributed by atoms with Crippen LogP contribution in [0.15, 0.2) is 35.5 Å². The molecule has 0 fully saturated rings. The standard InChI is InChI=1S/C18H27N5O.HI/c1-5-10-24-17-11-14(2)6-7-15(17)12-20-18(19-3)21-13-16-8-9-22-23(16)4;/h6-9,11H,5,10,12-13H2,1-4H3,(H2,19,20,21);1H. The number of aromatic nitrogens is 2. The third kappa shape index (κ3) is 6.56. The van der Waals surface area contributed by atoms with E-state index in [1.807, 2.05) is 17.8 Å². The van der Waals surface area contributed by atoms with Crippen LogP contribution in [0.5, 0.6) is 5.75 Å². The second-order valence-electron chi connectivity index (χ2n) is 5.69. The summed E-state index contributed by atoms with van der Waals surface area (Å²) in [6.07, 6.45) is 2.78. The largest absolute Gasteiger partial charge is 0.493 e. The van der Waals surface area contributed by atoms with Crippen LogP contribution in [0.25, 0.3) is 0 Å². The first-order chi connectivity index (χ1) is 11.6. The molecule has 0 saturated carbocycles. The number of ether oxygens (including phenoxy) is 1. The summed E-state index contributed by atoms with van der Waals surface area (Å²) in [5.74, 6) is 1.68. The molecule has 0 aliphatic rings. The Labute approximate surface area is 167 Å². The van der Waals surface area contributed by atoms with Gasteiger partial charge in [-0.1, -0.05) is 19.1 Å². The summed E-state index contributed by atoms with van der Waals surface area (Å²) in [5, 5.41) is 10.8. The number of hydrogen-bond acceptors (Lipinski definition) is 3. The van der Waals surface area contributed by atoms with Gasteiger partial charge in [0.1, 0.15) is 5.75 Å². The molecule has 138 valence electrons. The lowest BCUT2D eigenvalue weighted by Gasteiger charge is -2.15. The van der Waals surface area contributed by atoms with E-state index in [4.69, 9.17) is 4.74 Å². The summed E-state index contributed by atoms with van der Waals surface area (Å²) >= 11 is 0. The second kappa shape index (κ2) is 11.0. The monoisotopic (exact) mass is 457 g/mol. The van der Waals surface area contributed by atoms with Gasteiger partial charge in [0, 0.05) is 32.4 Å². The summed E-state index contributed by atoms with van der Waals surface area (Å²) in [6.45, 7) is 6.24. The Bertz CT molecular complexity index is 684.